The Kier molecular flexibility index (Phi) is 4.48. The number of aromatic hydroxyl groups is 3. The van der Waals surface area contributed by atoms with Gasteiger partial charge in [-0.3, -0.25) is 0 Å². The van der Waals surface area contributed by atoms with E-state index in [4.69, 9.17) is 11.6 Å². The van der Waals surface area contributed by atoms with Crippen LogP contribution in [0.15, 0.2) is 41.3 Å². The number of hydrogen-bond donors (Lipinski definition) is 4. The molecule has 0 fully saturated rings. The van der Waals surface area contributed by atoms with Crippen LogP contribution >= 0.6 is 11.6 Å². The topological polar surface area (TPSA) is 138 Å². The van der Waals surface area contributed by atoms with E-state index < -0.39 is 32.4 Å². The first kappa shape index (κ1) is 18.0. The number of phenolic OH excluding ortho intramolecular Hbond substituents is 2. The van der Waals surface area contributed by atoms with Crippen LogP contribution in [-0.2, 0) is 10.0 Å². The monoisotopic (exact) mass is 396 g/mol. The highest BCUT2D eigenvalue weighted by Gasteiger charge is 2.24. The average molecular weight is 397 g/mol. The number of nitrogens with one attached hydrogen (secondary N) is 1. The van der Waals surface area contributed by atoms with Crippen LogP contribution < -0.4 is 4.72 Å². The first-order chi connectivity index (χ1) is 12.3. The molecule has 11 heteroatoms. The number of halogens is 1. The fourth-order valence-corrected chi connectivity index (χ4v) is 3.41. The maximum absolute atomic E-state index is 12.1. The van der Waals surface area contributed by atoms with Crippen LogP contribution in [0.25, 0.3) is 17.1 Å². The highest BCUT2D eigenvalue weighted by atomic mass is 35.5. The van der Waals surface area contributed by atoms with Crippen molar-refractivity contribution in [1.82, 2.24) is 19.5 Å². The van der Waals surface area contributed by atoms with E-state index in [0.29, 0.717) is 5.69 Å². The molecular weight excluding hydrogens is 384 g/mol. The van der Waals surface area contributed by atoms with E-state index >= 15 is 0 Å². The van der Waals surface area contributed by atoms with Crippen LogP contribution in [0.4, 0.5) is 0 Å². The molecule has 4 N–H and O–H groups in total. The fraction of sp³-hybridized carbons (Fsp3) is 0.0667. The van der Waals surface area contributed by atoms with Crippen molar-refractivity contribution < 1.29 is 23.7 Å². The van der Waals surface area contributed by atoms with Crippen molar-refractivity contribution in [2.45, 2.75) is 4.90 Å². The molecule has 0 bridgehead atoms. The third kappa shape index (κ3) is 2.94. The van der Waals surface area contributed by atoms with Gasteiger partial charge >= 0.3 is 6.01 Å². The second-order valence-corrected chi connectivity index (χ2v) is 7.42. The van der Waals surface area contributed by atoms with Crippen LogP contribution in [0.2, 0.25) is 5.02 Å². The largest absolute Gasteiger partial charge is 0.507 e. The van der Waals surface area contributed by atoms with Gasteiger partial charge in [-0.05, 0) is 25.2 Å². The van der Waals surface area contributed by atoms with E-state index in [0.717, 1.165) is 16.7 Å². The smallest absolute Gasteiger partial charge is 0.319 e. The van der Waals surface area contributed by atoms with E-state index in [1.807, 2.05) is 0 Å². The summed E-state index contributed by atoms with van der Waals surface area (Å²) in [5, 5.41) is 37.7. The van der Waals surface area contributed by atoms with Crippen molar-refractivity contribution >= 4 is 21.6 Å². The molecular formula is C15H13ClN4O5S. The lowest BCUT2D eigenvalue weighted by atomic mass is 10.1. The van der Waals surface area contributed by atoms with Gasteiger partial charge in [-0.2, -0.15) is 0 Å². The summed E-state index contributed by atoms with van der Waals surface area (Å²) in [5.41, 5.74) is 0.238. The summed E-state index contributed by atoms with van der Waals surface area (Å²) in [4.78, 5) is -0.471. The lowest BCUT2D eigenvalue weighted by Gasteiger charge is -2.12. The molecule has 0 unspecified atom stereocenters. The highest BCUT2D eigenvalue weighted by molar-refractivity contribution is 7.89. The molecule has 0 atom stereocenters. The molecule has 0 amide bonds. The molecule has 0 saturated carbocycles. The van der Waals surface area contributed by atoms with Crippen LogP contribution in [-0.4, -0.2) is 45.5 Å². The van der Waals surface area contributed by atoms with Crippen molar-refractivity contribution in [3.63, 3.8) is 0 Å². The molecule has 2 aromatic carbocycles. The Morgan fingerprint density at radius 1 is 1.08 bits per heavy atom. The molecule has 0 spiro atoms. The Balaban J connectivity index is 2.30. The van der Waals surface area contributed by atoms with Gasteiger partial charge in [0.2, 0.25) is 10.0 Å². The van der Waals surface area contributed by atoms with Gasteiger partial charge in [-0.25, -0.2) is 17.7 Å². The number of nitrogens with zero attached hydrogens (tertiary/aromatic N) is 3. The van der Waals surface area contributed by atoms with Gasteiger partial charge in [0.25, 0.3) is 0 Å². The number of rotatable bonds is 4. The van der Waals surface area contributed by atoms with Gasteiger partial charge in [-0.15, -0.1) is 5.10 Å². The Bertz CT molecular complexity index is 1100. The third-order valence-corrected chi connectivity index (χ3v) is 5.38. The van der Waals surface area contributed by atoms with E-state index in [9.17, 15) is 23.7 Å². The van der Waals surface area contributed by atoms with Crippen molar-refractivity contribution in [2.24, 2.45) is 0 Å². The number of aromatic nitrogens is 3. The first-order valence-corrected chi connectivity index (χ1v) is 9.01. The zero-order valence-electron chi connectivity index (χ0n) is 13.3. The molecule has 3 rings (SSSR count). The fourth-order valence-electron chi connectivity index (χ4n) is 2.37. The zero-order valence-corrected chi connectivity index (χ0v) is 14.8. The molecule has 0 aliphatic heterocycles. The Hall–Kier alpha value is -2.82. The van der Waals surface area contributed by atoms with E-state index in [-0.39, 0.29) is 16.4 Å². The summed E-state index contributed by atoms with van der Waals surface area (Å²) >= 11 is 6.14. The normalized spacial score (nSPS) is 11.6. The Morgan fingerprint density at radius 3 is 2.42 bits per heavy atom. The standard InChI is InChI=1S/C15H13ClN4O5S/c1-17-26(24,25)13-6-8(11(21)7-12(13)22)14-18-19-15(23)20(14)10-5-3-2-4-9(10)16/h2-7,17,21-22H,1H3,(H,19,23). The van der Waals surface area contributed by atoms with Gasteiger partial charge < -0.3 is 15.3 Å². The maximum Gasteiger partial charge on any atom is 0.319 e. The molecule has 3 aromatic rings. The Labute approximate surface area is 153 Å². The van der Waals surface area contributed by atoms with Crippen molar-refractivity contribution in [3.8, 4) is 34.6 Å². The number of benzene rings is 2. The summed E-state index contributed by atoms with van der Waals surface area (Å²) in [5.74, 6) is -1.17. The quantitative estimate of drug-likeness (QED) is 0.525. The molecule has 9 nitrogen and oxygen atoms in total. The van der Waals surface area contributed by atoms with Crippen LogP contribution in [0.5, 0.6) is 17.5 Å². The second-order valence-electron chi connectivity index (χ2n) is 5.16. The lowest BCUT2D eigenvalue weighted by Crippen LogP contribution is -2.18. The minimum absolute atomic E-state index is 0.0688. The maximum atomic E-state index is 12.1. The van der Waals surface area contributed by atoms with E-state index in [1.165, 1.54) is 7.05 Å². The van der Waals surface area contributed by atoms with Gasteiger partial charge in [0, 0.05) is 6.07 Å². The summed E-state index contributed by atoms with van der Waals surface area (Å²) in [6.45, 7) is 0. The number of phenols is 2. The van der Waals surface area contributed by atoms with Gasteiger partial charge in [-0.1, -0.05) is 28.8 Å². The third-order valence-electron chi connectivity index (χ3n) is 3.62. The molecule has 1 aromatic heterocycles. The van der Waals surface area contributed by atoms with Crippen molar-refractivity contribution in [1.29, 1.82) is 0 Å². The predicted molar refractivity (Wildman–Crippen MR) is 93.0 cm³/mol. The molecule has 0 radical (unpaired) electrons. The van der Waals surface area contributed by atoms with E-state index in [1.54, 1.807) is 24.3 Å². The van der Waals surface area contributed by atoms with Crippen LogP contribution in [0.1, 0.15) is 0 Å². The van der Waals surface area contributed by atoms with Crippen molar-refractivity contribution in [3.05, 3.63) is 41.4 Å². The summed E-state index contributed by atoms with van der Waals surface area (Å²) in [7, 11) is -2.83. The van der Waals surface area contributed by atoms with E-state index in [2.05, 4.69) is 14.9 Å². The number of para-hydroxylation sites is 1. The molecule has 136 valence electrons. The minimum Gasteiger partial charge on any atom is -0.507 e. The molecule has 26 heavy (non-hydrogen) atoms. The van der Waals surface area contributed by atoms with Crippen molar-refractivity contribution in [2.75, 3.05) is 7.05 Å². The summed E-state index contributed by atoms with van der Waals surface area (Å²) in [6, 6.07) is 7.88. The zero-order chi connectivity index (χ0) is 19.1. The Morgan fingerprint density at radius 2 is 1.77 bits per heavy atom. The predicted octanol–water partition coefficient (Wildman–Crippen LogP) is 1.61. The molecule has 1 heterocycles. The second kappa shape index (κ2) is 6.48. The SMILES string of the molecule is CNS(=O)(=O)c1cc(-c2nnc(O)n2-c2ccccc2Cl)c(O)cc1O. The van der Waals surface area contributed by atoms with Gasteiger partial charge in [0.1, 0.15) is 16.4 Å². The number of hydrogen-bond acceptors (Lipinski definition) is 7. The lowest BCUT2D eigenvalue weighted by molar-refractivity contribution is 0.420. The van der Waals surface area contributed by atoms with Gasteiger partial charge in [0.15, 0.2) is 5.82 Å². The number of sulfonamides is 1. The molecule has 0 aliphatic rings. The average Bonchev–Trinajstić information content (AvgIpc) is 2.96. The first-order valence-electron chi connectivity index (χ1n) is 7.15. The van der Waals surface area contributed by atoms with Crippen LogP contribution in [0, 0.1) is 0 Å². The van der Waals surface area contributed by atoms with Crippen LogP contribution in [0.3, 0.4) is 0 Å². The highest BCUT2D eigenvalue weighted by Crippen LogP contribution is 2.38. The minimum atomic E-state index is -4.01. The molecule has 0 saturated heterocycles. The van der Waals surface area contributed by atoms with Gasteiger partial charge in [0.05, 0.1) is 16.3 Å². The summed E-state index contributed by atoms with van der Waals surface area (Å²) < 4.78 is 27.3. The molecule has 0 aliphatic carbocycles. The summed E-state index contributed by atoms with van der Waals surface area (Å²) in [6.07, 6.45) is 0.